The van der Waals surface area contributed by atoms with Gasteiger partial charge in [0.25, 0.3) is 10.0 Å². The zero-order valence-corrected chi connectivity index (χ0v) is 16.5. The number of hydrogen-bond acceptors (Lipinski definition) is 4. The molecule has 6 nitrogen and oxygen atoms in total. The van der Waals surface area contributed by atoms with Crippen molar-refractivity contribution in [2.75, 3.05) is 11.4 Å². The summed E-state index contributed by atoms with van der Waals surface area (Å²) < 4.78 is 33.6. The molecule has 0 aliphatic carbocycles. The van der Waals surface area contributed by atoms with Gasteiger partial charge < -0.3 is 9.84 Å². The van der Waals surface area contributed by atoms with Crippen molar-refractivity contribution in [3.8, 4) is 16.9 Å². The Morgan fingerprint density at radius 3 is 2.24 bits per heavy atom. The number of nitrogens with zero attached hydrogens (tertiary/aromatic N) is 1. The summed E-state index contributed by atoms with van der Waals surface area (Å²) in [6, 6.07) is 19.7. The third-order valence-corrected chi connectivity index (χ3v) is 6.86. The highest BCUT2D eigenvalue weighted by Crippen LogP contribution is 2.48. The van der Waals surface area contributed by atoms with Crippen molar-refractivity contribution in [3.63, 3.8) is 0 Å². The zero-order chi connectivity index (χ0) is 20.6. The molecule has 0 amide bonds. The van der Waals surface area contributed by atoms with E-state index in [1.54, 1.807) is 36.4 Å². The van der Waals surface area contributed by atoms with Crippen LogP contribution in [-0.2, 0) is 14.8 Å². The molecule has 1 unspecified atom stereocenters. The summed E-state index contributed by atoms with van der Waals surface area (Å²) in [4.78, 5) is 11.7. The van der Waals surface area contributed by atoms with Crippen LogP contribution in [0.5, 0.6) is 5.75 Å². The molecule has 7 heteroatoms. The Bertz CT molecular complexity index is 1170. The highest BCUT2D eigenvalue weighted by molar-refractivity contribution is 7.92. The van der Waals surface area contributed by atoms with Crippen LogP contribution < -0.4 is 9.04 Å². The van der Waals surface area contributed by atoms with Crippen molar-refractivity contribution in [3.05, 3.63) is 78.4 Å². The van der Waals surface area contributed by atoms with Gasteiger partial charge in [0.05, 0.1) is 30.2 Å². The average Bonchev–Trinajstić information content (AvgIpc) is 2.73. The van der Waals surface area contributed by atoms with E-state index < -0.39 is 22.0 Å². The number of methoxy groups -OCH3 is 1. The van der Waals surface area contributed by atoms with E-state index >= 15 is 0 Å². The fraction of sp³-hybridized carbons (Fsp3) is 0.136. The molecule has 1 aliphatic heterocycles. The SMILES string of the molecule is COc1ccc(S(=O)(=O)N2c3ccccc3-c3ccccc3C2CC(=O)O)cc1. The highest BCUT2D eigenvalue weighted by atomic mass is 32.2. The Kier molecular flexibility index (Phi) is 4.76. The zero-order valence-electron chi connectivity index (χ0n) is 15.6. The molecule has 0 spiro atoms. The van der Waals surface area contributed by atoms with Gasteiger partial charge in [-0.05, 0) is 41.5 Å². The molecule has 1 N–H and O–H groups in total. The minimum Gasteiger partial charge on any atom is -0.497 e. The summed E-state index contributed by atoms with van der Waals surface area (Å²) in [5, 5.41) is 9.52. The van der Waals surface area contributed by atoms with Gasteiger partial charge in [0.1, 0.15) is 5.75 Å². The Labute approximate surface area is 169 Å². The van der Waals surface area contributed by atoms with Gasteiger partial charge >= 0.3 is 5.97 Å². The molecule has 0 saturated carbocycles. The molecule has 29 heavy (non-hydrogen) atoms. The van der Waals surface area contributed by atoms with E-state index in [1.807, 2.05) is 24.3 Å². The molecular formula is C22H19NO5S. The molecule has 0 fully saturated rings. The molecule has 0 saturated heterocycles. The van der Waals surface area contributed by atoms with E-state index in [-0.39, 0.29) is 11.3 Å². The molecule has 0 aromatic heterocycles. The Morgan fingerprint density at radius 1 is 0.966 bits per heavy atom. The summed E-state index contributed by atoms with van der Waals surface area (Å²) in [6.45, 7) is 0. The Morgan fingerprint density at radius 2 is 1.59 bits per heavy atom. The largest absolute Gasteiger partial charge is 0.497 e. The highest BCUT2D eigenvalue weighted by Gasteiger charge is 2.39. The lowest BCUT2D eigenvalue weighted by Gasteiger charge is -2.38. The van der Waals surface area contributed by atoms with Gasteiger partial charge in [0.2, 0.25) is 0 Å². The average molecular weight is 409 g/mol. The third kappa shape index (κ3) is 3.23. The first-order valence-electron chi connectivity index (χ1n) is 9.02. The molecule has 3 aromatic carbocycles. The van der Waals surface area contributed by atoms with Gasteiger partial charge in [-0.3, -0.25) is 9.10 Å². The maximum Gasteiger partial charge on any atom is 0.305 e. The summed E-state index contributed by atoms with van der Waals surface area (Å²) in [5.74, 6) is -0.533. The number of carboxylic acids is 1. The molecule has 0 radical (unpaired) electrons. The number of carboxylic acid groups (broad SMARTS) is 1. The summed E-state index contributed by atoms with van der Waals surface area (Å²) in [5.41, 5.74) is 2.73. The normalized spacial score (nSPS) is 15.3. The van der Waals surface area contributed by atoms with E-state index in [9.17, 15) is 18.3 Å². The monoisotopic (exact) mass is 409 g/mol. The fourth-order valence-corrected chi connectivity index (χ4v) is 5.39. The maximum absolute atomic E-state index is 13.6. The minimum atomic E-state index is -4.02. The molecule has 3 aromatic rings. The number of carbonyl (C=O) groups is 1. The van der Waals surface area contributed by atoms with Crippen molar-refractivity contribution >= 4 is 21.7 Å². The van der Waals surface area contributed by atoms with Crippen LogP contribution in [0.1, 0.15) is 18.0 Å². The van der Waals surface area contributed by atoms with E-state index in [0.29, 0.717) is 17.0 Å². The van der Waals surface area contributed by atoms with Crippen LogP contribution in [0, 0.1) is 0 Å². The second kappa shape index (κ2) is 7.25. The predicted molar refractivity (Wildman–Crippen MR) is 110 cm³/mol. The number of ether oxygens (including phenoxy) is 1. The van der Waals surface area contributed by atoms with Crippen LogP contribution in [0.4, 0.5) is 5.69 Å². The number of rotatable bonds is 5. The van der Waals surface area contributed by atoms with E-state index in [4.69, 9.17) is 4.74 Å². The van der Waals surface area contributed by atoms with Gasteiger partial charge in [-0.2, -0.15) is 0 Å². The topological polar surface area (TPSA) is 83.9 Å². The lowest BCUT2D eigenvalue weighted by molar-refractivity contribution is -0.137. The summed E-state index contributed by atoms with van der Waals surface area (Å²) in [6.07, 6.45) is -0.346. The lowest BCUT2D eigenvalue weighted by Crippen LogP contribution is -2.38. The van der Waals surface area contributed by atoms with Gasteiger partial charge in [0.15, 0.2) is 0 Å². The molecule has 1 atom stereocenters. The molecule has 1 heterocycles. The second-order valence-electron chi connectivity index (χ2n) is 6.69. The maximum atomic E-state index is 13.6. The first-order valence-corrected chi connectivity index (χ1v) is 10.5. The Balaban J connectivity index is 1.95. The van der Waals surface area contributed by atoms with E-state index in [0.717, 1.165) is 11.1 Å². The van der Waals surface area contributed by atoms with E-state index in [1.165, 1.54) is 23.5 Å². The molecule has 148 valence electrons. The van der Waals surface area contributed by atoms with Gasteiger partial charge in [-0.1, -0.05) is 42.5 Å². The molecule has 1 aliphatic rings. The summed E-state index contributed by atoms with van der Waals surface area (Å²) >= 11 is 0. The Hall–Kier alpha value is -3.32. The smallest absolute Gasteiger partial charge is 0.305 e. The van der Waals surface area contributed by atoms with Gasteiger partial charge in [-0.15, -0.1) is 0 Å². The first kappa shape index (κ1) is 19.0. The van der Waals surface area contributed by atoms with Crippen LogP contribution in [0.25, 0.3) is 11.1 Å². The fourth-order valence-electron chi connectivity index (χ4n) is 3.74. The van der Waals surface area contributed by atoms with Crippen LogP contribution in [0.3, 0.4) is 0 Å². The van der Waals surface area contributed by atoms with E-state index in [2.05, 4.69) is 0 Å². The second-order valence-corrected chi connectivity index (χ2v) is 8.51. The standard InChI is InChI=1S/C22H19NO5S/c1-28-15-10-12-16(13-11-15)29(26,27)23-20-9-5-4-7-18(20)17-6-2-3-8-19(17)21(23)14-22(24)25/h2-13,21H,14H2,1H3,(H,24,25). The van der Waals surface area contributed by atoms with Gasteiger partial charge in [0, 0.05) is 5.56 Å². The molecule has 0 bridgehead atoms. The van der Waals surface area contributed by atoms with Crippen molar-refractivity contribution in [1.29, 1.82) is 0 Å². The van der Waals surface area contributed by atoms with Crippen LogP contribution in [-0.4, -0.2) is 26.6 Å². The number of aliphatic carboxylic acids is 1. The van der Waals surface area contributed by atoms with Crippen molar-refractivity contribution in [1.82, 2.24) is 0 Å². The quantitative estimate of drug-likeness (QED) is 0.686. The first-order chi connectivity index (χ1) is 13.9. The van der Waals surface area contributed by atoms with Crippen LogP contribution >= 0.6 is 0 Å². The van der Waals surface area contributed by atoms with Crippen molar-refractivity contribution < 1.29 is 23.1 Å². The van der Waals surface area contributed by atoms with Crippen LogP contribution in [0.15, 0.2) is 77.7 Å². The molecule has 4 rings (SSSR count). The van der Waals surface area contributed by atoms with Crippen LogP contribution in [0.2, 0.25) is 0 Å². The third-order valence-electron chi connectivity index (χ3n) is 5.02. The molecular weight excluding hydrogens is 390 g/mol. The summed E-state index contributed by atoms with van der Waals surface area (Å²) in [7, 11) is -2.52. The lowest BCUT2D eigenvalue weighted by atomic mass is 9.88. The number of sulfonamides is 1. The number of fused-ring (bicyclic) bond motifs is 3. The minimum absolute atomic E-state index is 0.0721. The van der Waals surface area contributed by atoms with Crippen molar-refractivity contribution in [2.24, 2.45) is 0 Å². The predicted octanol–water partition coefficient (Wildman–Crippen LogP) is 4.09. The number of anilines is 1. The number of benzene rings is 3. The van der Waals surface area contributed by atoms with Crippen molar-refractivity contribution in [2.45, 2.75) is 17.4 Å². The number of para-hydroxylation sites is 1. The van der Waals surface area contributed by atoms with Gasteiger partial charge in [-0.25, -0.2) is 8.42 Å². The number of hydrogen-bond donors (Lipinski definition) is 1.